The molecular formula is C59H100O12. The van der Waals surface area contributed by atoms with Crippen LogP contribution in [0.1, 0.15) is 239 Å². The first-order valence-corrected chi connectivity index (χ1v) is 28.3. The number of aliphatic hydroxyl groups excluding tert-OH is 2. The van der Waals surface area contributed by atoms with E-state index in [0.717, 1.165) is 64.2 Å². The summed E-state index contributed by atoms with van der Waals surface area (Å²) in [5, 5.41) is 31.4. The van der Waals surface area contributed by atoms with Crippen LogP contribution >= 0.6 is 0 Å². The lowest BCUT2D eigenvalue weighted by Crippen LogP contribution is -2.61. The van der Waals surface area contributed by atoms with Crippen molar-refractivity contribution in [2.75, 3.05) is 13.2 Å². The summed E-state index contributed by atoms with van der Waals surface area (Å²) in [7, 11) is 0. The summed E-state index contributed by atoms with van der Waals surface area (Å²) in [6, 6.07) is 0. The first-order chi connectivity index (χ1) is 34.6. The van der Waals surface area contributed by atoms with Crippen LogP contribution < -0.4 is 0 Å². The standard InChI is InChI=1S/C59H100O12/c1-4-7-10-13-16-19-22-25-26-29-32-35-38-41-44-47-53(62)70-57-55(64)54(63)56(58(65)66)71-59(57)68-49-50(69-52(61)46-43-40-37-34-31-28-24-21-18-15-12-9-6-3)48-67-51(60)45-42-39-36-33-30-27-23-20-17-14-11-8-5-2/h7,10,16,19,25-26,32,35,41,44,50,54-57,59,63-64H,4-6,8-9,11-15,17-18,20-24,27-31,33-34,36-40,42-43,45-49H2,1-3H3,(H,65,66)/b10-7-,19-16-,26-25-,35-32-,44-41-. The Labute approximate surface area is 430 Å². The monoisotopic (exact) mass is 1000 g/mol. The molecule has 0 bridgehead atoms. The van der Waals surface area contributed by atoms with Crippen LogP contribution in [0.3, 0.4) is 0 Å². The maximum absolute atomic E-state index is 13.1. The minimum atomic E-state index is -1.93. The van der Waals surface area contributed by atoms with E-state index in [-0.39, 0.29) is 25.9 Å². The first kappa shape index (κ1) is 65.4. The molecule has 6 atom stereocenters. The van der Waals surface area contributed by atoms with Crippen LogP contribution in [0.4, 0.5) is 0 Å². The van der Waals surface area contributed by atoms with Crippen LogP contribution in [0.25, 0.3) is 0 Å². The molecule has 0 spiro atoms. The summed E-state index contributed by atoms with van der Waals surface area (Å²) in [6.45, 7) is 5.83. The van der Waals surface area contributed by atoms with Gasteiger partial charge in [-0.05, 0) is 44.9 Å². The van der Waals surface area contributed by atoms with Crippen LogP contribution in [0, 0.1) is 0 Å². The minimum absolute atomic E-state index is 0.156. The van der Waals surface area contributed by atoms with Gasteiger partial charge in [0.15, 0.2) is 24.6 Å². The maximum Gasteiger partial charge on any atom is 0.335 e. The van der Waals surface area contributed by atoms with Gasteiger partial charge >= 0.3 is 23.9 Å². The molecule has 0 amide bonds. The number of ether oxygens (including phenoxy) is 5. The van der Waals surface area contributed by atoms with Gasteiger partial charge in [0.2, 0.25) is 0 Å². The molecule has 408 valence electrons. The Balaban J connectivity index is 2.76. The second-order valence-electron chi connectivity index (χ2n) is 19.2. The molecule has 0 aromatic heterocycles. The third-order valence-corrected chi connectivity index (χ3v) is 12.6. The highest BCUT2D eigenvalue weighted by Crippen LogP contribution is 2.26. The third kappa shape index (κ3) is 37.8. The Bertz CT molecular complexity index is 1470. The average Bonchev–Trinajstić information content (AvgIpc) is 3.35. The molecule has 1 rings (SSSR count). The van der Waals surface area contributed by atoms with E-state index in [2.05, 4.69) is 57.2 Å². The van der Waals surface area contributed by atoms with E-state index in [1.807, 2.05) is 12.2 Å². The van der Waals surface area contributed by atoms with Gasteiger partial charge in [-0.15, -0.1) is 0 Å². The molecule has 0 saturated carbocycles. The normalized spacial score (nSPS) is 18.9. The third-order valence-electron chi connectivity index (χ3n) is 12.6. The number of rotatable bonds is 47. The molecule has 6 unspecified atom stereocenters. The highest BCUT2D eigenvalue weighted by molar-refractivity contribution is 5.74. The Hall–Kier alpha value is -3.58. The number of carbonyl (C=O) groups excluding carboxylic acids is 3. The van der Waals surface area contributed by atoms with Gasteiger partial charge < -0.3 is 39.0 Å². The molecule has 12 heteroatoms. The predicted octanol–water partition coefficient (Wildman–Crippen LogP) is 14.0. The number of hydrogen-bond acceptors (Lipinski definition) is 11. The van der Waals surface area contributed by atoms with Gasteiger partial charge in [0.25, 0.3) is 0 Å². The van der Waals surface area contributed by atoms with Crippen molar-refractivity contribution in [1.82, 2.24) is 0 Å². The van der Waals surface area contributed by atoms with Gasteiger partial charge in [-0.1, -0.05) is 236 Å². The van der Waals surface area contributed by atoms with Crippen molar-refractivity contribution < 1.29 is 58.2 Å². The molecular weight excluding hydrogens is 901 g/mol. The topological polar surface area (TPSA) is 175 Å². The number of hydrogen-bond donors (Lipinski definition) is 3. The molecule has 0 aromatic rings. The van der Waals surface area contributed by atoms with Gasteiger partial charge in [-0.3, -0.25) is 14.4 Å². The summed E-state index contributed by atoms with van der Waals surface area (Å²) < 4.78 is 28.2. The molecule has 3 N–H and O–H groups in total. The van der Waals surface area contributed by atoms with E-state index in [1.54, 1.807) is 12.2 Å². The molecule has 0 aliphatic carbocycles. The summed E-state index contributed by atoms with van der Waals surface area (Å²) in [5.41, 5.74) is 0. The van der Waals surface area contributed by atoms with Crippen molar-refractivity contribution in [3.8, 4) is 0 Å². The maximum atomic E-state index is 13.1. The van der Waals surface area contributed by atoms with E-state index in [1.165, 1.54) is 116 Å². The largest absolute Gasteiger partial charge is 0.479 e. The second kappa shape index (κ2) is 47.4. The van der Waals surface area contributed by atoms with Crippen LogP contribution in [0.2, 0.25) is 0 Å². The summed E-state index contributed by atoms with van der Waals surface area (Å²) in [4.78, 5) is 50.9. The van der Waals surface area contributed by atoms with Crippen molar-refractivity contribution in [1.29, 1.82) is 0 Å². The number of aliphatic carboxylic acids is 1. The quantitative estimate of drug-likeness (QED) is 0.0228. The zero-order valence-electron chi connectivity index (χ0n) is 44.7. The lowest BCUT2D eigenvalue weighted by molar-refractivity contribution is -0.301. The van der Waals surface area contributed by atoms with Crippen LogP contribution in [0.5, 0.6) is 0 Å². The summed E-state index contributed by atoms with van der Waals surface area (Å²) >= 11 is 0. The molecule has 1 aliphatic heterocycles. The zero-order chi connectivity index (χ0) is 51.8. The Kier molecular flexibility index (Phi) is 43.7. The van der Waals surface area contributed by atoms with E-state index < -0.39 is 67.3 Å². The fourth-order valence-corrected chi connectivity index (χ4v) is 8.33. The predicted molar refractivity (Wildman–Crippen MR) is 285 cm³/mol. The van der Waals surface area contributed by atoms with Gasteiger partial charge in [-0.25, -0.2) is 4.79 Å². The summed E-state index contributed by atoms with van der Waals surface area (Å²) in [6.07, 6.45) is 45.1. The van der Waals surface area contributed by atoms with Crippen molar-refractivity contribution in [2.24, 2.45) is 0 Å². The number of esters is 3. The van der Waals surface area contributed by atoms with Crippen LogP contribution in [0.15, 0.2) is 60.8 Å². The molecule has 1 saturated heterocycles. The van der Waals surface area contributed by atoms with Crippen LogP contribution in [-0.4, -0.2) is 89.2 Å². The van der Waals surface area contributed by atoms with E-state index >= 15 is 0 Å². The van der Waals surface area contributed by atoms with Gasteiger partial charge in [0.05, 0.1) is 13.0 Å². The van der Waals surface area contributed by atoms with Crippen molar-refractivity contribution in [3.05, 3.63) is 60.8 Å². The molecule has 1 aliphatic rings. The Morgan fingerprint density at radius 2 is 0.873 bits per heavy atom. The van der Waals surface area contributed by atoms with Crippen LogP contribution in [-0.2, 0) is 42.9 Å². The fraction of sp³-hybridized carbons (Fsp3) is 0.763. The van der Waals surface area contributed by atoms with Gasteiger partial charge in [0.1, 0.15) is 18.8 Å². The lowest BCUT2D eigenvalue weighted by atomic mass is 9.98. The van der Waals surface area contributed by atoms with Crippen molar-refractivity contribution >= 4 is 23.9 Å². The molecule has 12 nitrogen and oxygen atoms in total. The average molecular weight is 1000 g/mol. The number of aliphatic hydroxyl groups is 2. The first-order valence-electron chi connectivity index (χ1n) is 28.3. The highest BCUT2D eigenvalue weighted by atomic mass is 16.7. The molecule has 0 aromatic carbocycles. The van der Waals surface area contributed by atoms with Crippen molar-refractivity contribution in [2.45, 2.75) is 276 Å². The number of carboxylic acids is 1. The Morgan fingerprint density at radius 3 is 1.30 bits per heavy atom. The SMILES string of the molecule is CC/C=C\C/C=C\C/C=C\C/C=C\C/C=C\CC(=O)OC1C(OCC(COC(=O)CCCCCCCCCCCCCCC)OC(=O)CCCCCCCCCCCCCCC)OC(C(=O)O)C(O)C1O. The molecule has 71 heavy (non-hydrogen) atoms. The van der Waals surface area contributed by atoms with E-state index in [0.29, 0.717) is 19.3 Å². The molecule has 1 fully saturated rings. The highest BCUT2D eigenvalue weighted by Gasteiger charge is 2.50. The number of carbonyl (C=O) groups is 4. The second-order valence-corrected chi connectivity index (χ2v) is 19.2. The van der Waals surface area contributed by atoms with Gasteiger partial charge in [0, 0.05) is 12.8 Å². The molecule has 0 radical (unpaired) electrons. The zero-order valence-corrected chi connectivity index (χ0v) is 44.7. The number of allylic oxidation sites excluding steroid dienone is 9. The van der Waals surface area contributed by atoms with Crippen molar-refractivity contribution in [3.63, 3.8) is 0 Å². The number of carboxylic acid groups (broad SMARTS) is 1. The minimum Gasteiger partial charge on any atom is -0.479 e. The Morgan fingerprint density at radius 1 is 0.479 bits per heavy atom. The van der Waals surface area contributed by atoms with Gasteiger partial charge in [-0.2, -0.15) is 0 Å². The lowest BCUT2D eigenvalue weighted by Gasteiger charge is -2.40. The van der Waals surface area contributed by atoms with E-state index in [4.69, 9.17) is 23.7 Å². The fourth-order valence-electron chi connectivity index (χ4n) is 8.33. The molecule has 1 heterocycles. The summed E-state index contributed by atoms with van der Waals surface area (Å²) in [5.74, 6) is -3.27. The number of unbranched alkanes of at least 4 members (excludes halogenated alkanes) is 24. The smallest absolute Gasteiger partial charge is 0.335 e. The van der Waals surface area contributed by atoms with E-state index in [9.17, 15) is 34.5 Å².